The summed E-state index contributed by atoms with van der Waals surface area (Å²) in [5.74, 6) is -0.187. The number of anilines is 2. The number of hydrogen-bond donors (Lipinski definition) is 1. The number of benzene rings is 1. The van der Waals surface area contributed by atoms with Crippen LogP contribution < -0.4 is 10.2 Å². The molecule has 0 saturated carbocycles. The molecule has 0 radical (unpaired) electrons. The van der Waals surface area contributed by atoms with Crippen LogP contribution in [0.15, 0.2) is 48.7 Å². The Bertz CT molecular complexity index is 619. The number of piperazine rings is 1. The van der Waals surface area contributed by atoms with Gasteiger partial charge in [-0.05, 0) is 43.4 Å². The second-order valence-electron chi connectivity index (χ2n) is 5.51. The van der Waals surface area contributed by atoms with E-state index in [0.29, 0.717) is 5.69 Å². The first-order valence-corrected chi connectivity index (χ1v) is 7.48. The topological polar surface area (TPSA) is 48.5 Å². The number of hydrogen-bond acceptors (Lipinski definition) is 4. The third-order valence-electron chi connectivity index (χ3n) is 3.89. The van der Waals surface area contributed by atoms with E-state index in [1.54, 1.807) is 24.4 Å². The molecule has 2 heterocycles. The molecule has 1 aromatic carbocycles. The van der Waals surface area contributed by atoms with Gasteiger partial charge in [-0.3, -0.25) is 9.78 Å². The van der Waals surface area contributed by atoms with Crippen molar-refractivity contribution in [2.45, 2.75) is 0 Å². The minimum atomic E-state index is -0.187. The van der Waals surface area contributed by atoms with E-state index in [1.165, 1.54) is 5.69 Å². The molecule has 0 spiro atoms. The van der Waals surface area contributed by atoms with Crippen molar-refractivity contribution in [1.29, 1.82) is 0 Å². The Kier molecular flexibility index (Phi) is 4.34. The van der Waals surface area contributed by atoms with E-state index in [-0.39, 0.29) is 5.91 Å². The molecule has 5 nitrogen and oxygen atoms in total. The molecule has 3 rings (SSSR count). The summed E-state index contributed by atoms with van der Waals surface area (Å²) in [6, 6.07) is 13.3. The van der Waals surface area contributed by atoms with Crippen LogP contribution in [0.25, 0.3) is 0 Å². The number of nitrogens with zero attached hydrogens (tertiary/aromatic N) is 3. The van der Waals surface area contributed by atoms with Crippen LogP contribution in [0.5, 0.6) is 0 Å². The van der Waals surface area contributed by atoms with Crippen LogP contribution in [-0.2, 0) is 0 Å². The molecule has 1 aromatic heterocycles. The van der Waals surface area contributed by atoms with Crippen molar-refractivity contribution in [3.63, 3.8) is 0 Å². The fourth-order valence-electron chi connectivity index (χ4n) is 2.51. The normalized spacial score (nSPS) is 15.6. The highest BCUT2D eigenvalue weighted by atomic mass is 16.1. The predicted octanol–water partition coefficient (Wildman–Crippen LogP) is 2.09. The Hall–Kier alpha value is -2.40. The minimum Gasteiger partial charge on any atom is -0.369 e. The molecular formula is C17H20N4O. The van der Waals surface area contributed by atoms with Crippen LogP contribution >= 0.6 is 0 Å². The molecule has 1 aliphatic rings. The van der Waals surface area contributed by atoms with Crippen LogP contribution in [0.1, 0.15) is 10.5 Å². The van der Waals surface area contributed by atoms with E-state index in [0.717, 1.165) is 31.9 Å². The summed E-state index contributed by atoms with van der Waals surface area (Å²) in [6.45, 7) is 4.24. The molecule has 114 valence electrons. The number of carbonyl (C=O) groups is 1. The average Bonchev–Trinajstić information content (AvgIpc) is 2.57. The molecule has 0 aliphatic carbocycles. The Labute approximate surface area is 130 Å². The SMILES string of the molecule is CN1CCN(c2ccc(NC(=O)c3ccccn3)cc2)CC1. The van der Waals surface area contributed by atoms with Crippen LogP contribution in [0, 0.1) is 0 Å². The van der Waals surface area contributed by atoms with Crippen molar-refractivity contribution in [1.82, 2.24) is 9.88 Å². The van der Waals surface area contributed by atoms with Crippen molar-refractivity contribution in [2.24, 2.45) is 0 Å². The van der Waals surface area contributed by atoms with Gasteiger partial charge in [0.15, 0.2) is 0 Å². The molecule has 5 heteroatoms. The first-order chi connectivity index (χ1) is 10.7. The lowest BCUT2D eigenvalue weighted by Crippen LogP contribution is -2.44. The molecule has 1 aliphatic heterocycles. The molecule has 0 atom stereocenters. The number of likely N-dealkylation sites (N-methyl/N-ethyl adjacent to an activating group) is 1. The standard InChI is InChI=1S/C17H20N4O/c1-20-10-12-21(13-11-20)15-7-5-14(6-8-15)19-17(22)16-4-2-3-9-18-16/h2-9H,10-13H2,1H3,(H,19,22). The van der Waals surface area contributed by atoms with Crippen LogP contribution in [0.3, 0.4) is 0 Å². The molecule has 22 heavy (non-hydrogen) atoms. The van der Waals surface area contributed by atoms with Gasteiger partial charge in [-0.15, -0.1) is 0 Å². The number of amides is 1. The van der Waals surface area contributed by atoms with E-state index in [1.807, 2.05) is 12.1 Å². The Morgan fingerprint density at radius 1 is 1.05 bits per heavy atom. The van der Waals surface area contributed by atoms with Gasteiger partial charge < -0.3 is 15.1 Å². The van der Waals surface area contributed by atoms with Gasteiger partial charge in [0.25, 0.3) is 5.91 Å². The highest BCUT2D eigenvalue weighted by Gasteiger charge is 2.14. The number of nitrogens with one attached hydrogen (secondary N) is 1. The summed E-state index contributed by atoms with van der Waals surface area (Å²) >= 11 is 0. The summed E-state index contributed by atoms with van der Waals surface area (Å²) < 4.78 is 0. The number of carbonyl (C=O) groups excluding carboxylic acids is 1. The lowest BCUT2D eigenvalue weighted by Gasteiger charge is -2.34. The highest BCUT2D eigenvalue weighted by Crippen LogP contribution is 2.19. The maximum absolute atomic E-state index is 12.0. The van der Waals surface area contributed by atoms with Crippen molar-refractivity contribution in [2.75, 3.05) is 43.4 Å². The predicted molar refractivity (Wildman–Crippen MR) is 88.3 cm³/mol. The maximum atomic E-state index is 12.0. The lowest BCUT2D eigenvalue weighted by molar-refractivity contribution is 0.102. The zero-order chi connectivity index (χ0) is 15.4. The van der Waals surface area contributed by atoms with Gasteiger partial charge in [-0.2, -0.15) is 0 Å². The Morgan fingerprint density at radius 3 is 2.41 bits per heavy atom. The fourth-order valence-corrected chi connectivity index (χ4v) is 2.51. The second kappa shape index (κ2) is 6.58. The van der Waals surface area contributed by atoms with Crippen LogP contribution in [-0.4, -0.2) is 49.0 Å². The first kappa shape index (κ1) is 14.5. The third kappa shape index (κ3) is 3.43. The Morgan fingerprint density at radius 2 is 1.77 bits per heavy atom. The summed E-state index contributed by atoms with van der Waals surface area (Å²) in [6.07, 6.45) is 1.62. The molecule has 1 fully saturated rings. The fraction of sp³-hybridized carbons (Fsp3) is 0.294. The van der Waals surface area contributed by atoms with Crippen molar-refractivity contribution in [3.05, 3.63) is 54.4 Å². The quantitative estimate of drug-likeness (QED) is 0.942. The van der Waals surface area contributed by atoms with Gasteiger partial charge in [0, 0.05) is 43.8 Å². The zero-order valence-corrected chi connectivity index (χ0v) is 12.7. The smallest absolute Gasteiger partial charge is 0.274 e. The van der Waals surface area contributed by atoms with E-state index in [4.69, 9.17) is 0 Å². The summed E-state index contributed by atoms with van der Waals surface area (Å²) in [4.78, 5) is 20.8. The zero-order valence-electron chi connectivity index (χ0n) is 12.7. The summed E-state index contributed by atoms with van der Waals surface area (Å²) in [5, 5.41) is 2.87. The number of pyridine rings is 1. The Balaban J connectivity index is 1.63. The van der Waals surface area contributed by atoms with Crippen molar-refractivity contribution >= 4 is 17.3 Å². The molecule has 1 saturated heterocycles. The average molecular weight is 296 g/mol. The largest absolute Gasteiger partial charge is 0.369 e. The summed E-state index contributed by atoms with van der Waals surface area (Å²) in [7, 11) is 2.15. The van der Waals surface area contributed by atoms with E-state index >= 15 is 0 Å². The van der Waals surface area contributed by atoms with Gasteiger partial charge in [0.1, 0.15) is 5.69 Å². The van der Waals surface area contributed by atoms with E-state index in [9.17, 15) is 4.79 Å². The highest BCUT2D eigenvalue weighted by molar-refractivity contribution is 6.02. The van der Waals surface area contributed by atoms with Gasteiger partial charge in [-0.1, -0.05) is 6.07 Å². The monoisotopic (exact) mass is 296 g/mol. The maximum Gasteiger partial charge on any atom is 0.274 e. The van der Waals surface area contributed by atoms with E-state index in [2.05, 4.69) is 39.3 Å². The molecule has 1 amide bonds. The van der Waals surface area contributed by atoms with E-state index < -0.39 is 0 Å². The van der Waals surface area contributed by atoms with Gasteiger partial charge in [0.2, 0.25) is 0 Å². The van der Waals surface area contributed by atoms with Crippen LogP contribution in [0.2, 0.25) is 0 Å². The third-order valence-corrected chi connectivity index (χ3v) is 3.89. The van der Waals surface area contributed by atoms with Gasteiger partial charge >= 0.3 is 0 Å². The number of rotatable bonds is 3. The molecular weight excluding hydrogens is 276 g/mol. The first-order valence-electron chi connectivity index (χ1n) is 7.48. The van der Waals surface area contributed by atoms with Gasteiger partial charge in [0.05, 0.1) is 0 Å². The lowest BCUT2D eigenvalue weighted by atomic mass is 10.2. The molecule has 0 bridgehead atoms. The minimum absolute atomic E-state index is 0.187. The molecule has 2 aromatic rings. The number of aromatic nitrogens is 1. The second-order valence-corrected chi connectivity index (χ2v) is 5.51. The van der Waals surface area contributed by atoms with Crippen LogP contribution in [0.4, 0.5) is 11.4 Å². The van der Waals surface area contributed by atoms with Crippen molar-refractivity contribution in [3.8, 4) is 0 Å². The summed E-state index contributed by atoms with van der Waals surface area (Å²) in [5.41, 5.74) is 2.41. The van der Waals surface area contributed by atoms with Gasteiger partial charge in [-0.25, -0.2) is 0 Å². The van der Waals surface area contributed by atoms with Crippen molar-refractivity contribution < 1.29 is 4.79 Å². The molecule has 1 N–H and O–H groups in total. The molecule has 0 unspecified atom stereocenters.